The molecular formula is C22H22N2O3S. The smallest absolute Gasteiger partial charge is 0.255 e. The summed E-state index contributed by atoms with van der Waals surface area (Å²) in [5.74, 6) is -0.227. The Balaban J connectivity index is 1.79. The Kier molecular flexibility index (Phi) is 5.92. The Morgan fingerprint density at radius 3 is 2.11 bits per heavy atom. The van der Waals surface area contributed by atoms with E-state index in [4.69, 9.17) is 0 Å². The number of nitrogens with zero attached hydrogens (tertiary/aromatic N) is 1. The zero-order valence-corrected chi connectivity index (χ0v) is 16.6. The molecule has 0 fully saturated rings. The van der Waals surface area contributed by atoms with Crippen molar-refractivity contribution < 1.29 is 13.2 Å². The van der Waals surface area contributed by atoms with Gasteiger partial charge in [-0.15, -0.1) is 0 Å². The van der Waals surface area contributed by atoms with Crippen LogP contribution in [0.5, 0.6) is 0 Å². The third kappa shape index (κ3) is 4.47. The molecule has 6 heteroatoms. The van der Waals surface area contributed by atoms with Gasteiger partial charge in [0.2, 0.25) is 10.0 Å². The fourth-order valence-corrected chi connectivity index (χ4v) is 3.73. The molecule has 0 bridgehead atoms. The van der Waals surface area contributed by atoms with Crippen LogP contribution in [-0.2, 0) is 16.4 Å². The van der Waals surface area contributed by atoms with Crippen LogP contribution in [0.3, 0.4) is 0 Å². The lowest BCUT2D eigenvalue weighted by Gasteiger charge is -2.13. The number of hydrogen-bond acceptors (Lipinski definition) is 3. The minimum Gasteiger partial charge on any atom is -0.322 e. The third-order valence-electron chi connectivity index (χ3n) is 4.39. The summed E-state index contributed by atoms with van der Waals surface area (Å²) in [5, 5.41) is 2.84. The lowest BCUT2D eigenvalue weighted by molar-refractivity contribution is 0.102. The van der Waals surface area contributed by atoms with Gasteiger partial charge >= 0.3 is 0 Å². The van der Waals surface area contributed by atoms with Crippen molar-refractivity contribution in [3.05, 3.63) is 95.6 Å². The number of benzene rings is 3. The second-order valence-corrected chi connectivity index (χ2v) is 8.74. The highest BCUT2D eigenvalue weighted by molar-refractivity contribution is 7.89. The molecule has 0 spiro atoms. The highest BCUT2D eigenvalue weighted by Crippen LogP contribution is 2.19. The van der Waals surface area contributed by atoms with E-state index in [1.807, 2.05) is 48.5 Å². The normalized spacial score (nSPS) is 11.4. The molecule has 0 heterocycles. The number of anilines is 1. The summed E-state index contributed by atoms with van der Waals surface area (Å²) in [4.78, 5) is 13.0. The van der Waals surface area contributed by atoms with Crippen molar-refractivity contribution in [3.8, 4) is 0 Å². The van der Waals surface area contributed by atoms with E-state index >= 15 is 0 Å². The Morgan fingerprint density at radius 1 is 0.857 bits per heavy atom. The molecule has 0 radical (unpaired) electrons. The van der Waals surface area contributed by atoms with Gasteiger partial charge < -0.3 is 5.32 Å². The molecule has 3 aromatic carbocycles. The summed E-state index contributed by atoms with van der Waals surface area (Å²) in [7, 11) is -0.533. The summed E-state index contributed by atoms with van der Waals surface area (Å²) in [6.45, 7) is 0. The van der Waals surface area contributed by atoms with Gasteiger partial charge in [-0.2, -0.15) is 0 Å². The van der Waals surface area contributed by atoms with Crippen molar-refractivity contribution in [2.45, 2.75) is 11.3 Å². The maximum atomic E-state index is 12.8. The molecule has 0 aliphatic carbocycles. The standard InChI is InChI=1S/C22H22N2O3S/c1-24(2)28(26,27)20-14-12-19(13-15-20)23-22(25)21-11-7-6-10-18(21)16-17-8-4-3-5-9-17/h3-15H,16H2,1-2H3,(H,23,25). The first kappa shape index (κ1) is 19.8. The molecule has 0 saturated heterocycles. The highest BCUT2D eigenvalue weighted by atomic mass is 32.2. The van der Waals surface area contributed by atoms with Gasteiger partial charge in [-0.05, 0) is 47.9 Å². The molecule has 144 valence electrons. The van der Waals surface area contributed by atoms with Gasteiger partial charge in [-0.3, -0.25) is 4.79 Å². The summed E-state index contributed by atoms with van der Waals surface area (Å²) in [6, 6.07) is 23.6. The molecule has 1 amide bonds. The number of nitrogens with one attached hydrogen (secondary N) is 1. The summed E-state index contributed by atoms with van der Waals surface area (Å²) in [5.41, 5.74) is 3.19. The Labute approximate surface area is 165 Å². The molecule has 5 nitrogen and oxygen atoms in total. The number of carbonyl (C=O) groups excluding carboxylic acids is 1. The fraction of sp³-hybridized carbons (Fsp3) is 0.136. The number of amides is 1. The molecule has 3 rings (SSSR count). The SMILES string of the molecule is CN(C)S(=O)(=O)c1ccc(NC(=O)c2ccccc2Cc2ccccc2)cc1. The predicted octanol–water partition coefficient (Wildman–Crippen LogP) is 3.78. The van der Waals surface area contributed by atoms with E-state index in [-0.39, 0.29) is 10.8 Å². The molecule has 0 atom stereocenters. The van der Waals surface area contributed by atoms with Crippen molar-refractivity contribution in [2.24, 2.45) is 0 Å². The maximum absolute atomic E-state index is 12.8. The Morgan fingerprint density at radius 2 is 1.46 bits per heavy atom. The second-order valence-electron chi connectivity index (χ2n) is 6.59. The average Bonchev–Trinajstić information content (AvgIpc) is 2.69. The van der Waals surface area contributed by atoms with Crippen LogP contribution in [0.15, 0.2) is 83.8 Å². The fourth-order valence-electron chi connectivity index (χ4n) is 2.83. The van der Waals surface area contributed by atoms with E-state index in [0.717, 1.165) is 15.4 Å². The predicted molar refractivity (Wildman–Crippen MR) is 111 cm³/mol. The largest absolute Gasteiger partial charge is 0.322 e. The summed E-state index contributed by atoms with van der Waals surface area (Å²) in [6.07, 6.45) is 0.657. The lowest BCUT2D eigenvalue weighted by Crippen LogP contribution is -2.22. The topological polar surface area (TPSA) is 66.5 Å². The van der Waals surface area contributed by atoms with E-state index in [1.54, 1.807) is 18.2 Å². The average molecular weight is 394 g/mol. The second kappa shape index (κ2) is 8.37. The third-order valence-corrected chi connectivity index (χ3v) is 6.22. The Hall–Kier alpha value is -2.96. The molecular weight excluding hydrogens is 372 g/mol. The van der Waals surface area contributed by atoms with Crippen LogP contribution >= 0.6 is 0 Å². The lowest BCUT2D eigenvalue weighted by atomic mass is 9.99. The van der Waals surface area contributed by atoms with Crippen molar-refractivity contribution >= 4 is 21.6 Å². The first-order valence-corrected chi connectivity index (χ1v) is 10.3. The van der Waals surface area contributed by atoms with Crippen molar-refractivity contribution in [1.29, 1.82) is 0 Å². The minimum atomic E-state index is -3.49. The van der Waals surface area contributed by atoms with Crippen LogP contribution in [-0.4, -0.2) is 32.7 Å². The number of hydrogen-bond donors (Lipinski definition) is 1. The van der Waals surface area contributed by atoms with Crippen LogP contribution < -0.4 is 5.32 Å². The summed E-state index contributed by atoms with van der Waals surface area (Å²) >= 11 is 0. The van der Waals surface area contributed by atoms with E-state index in [9.17, 15) is 13.2 Å². The Bertz CT molecular complexity index is 1060. The molecule has 0 unspecified atom stereocenters. The van der Waals surface area contributed by atoms with Crippen LogP contribution in [0.25, 0.3) is 0 Å². The summed E-state index contributed by atoms with van der Waals surface area (Å²) < 4.78 is 25.4. The van der Waals surface area contributed by atoms with Gasteiger partial charge in [0, 0.05) is 25.3 Å². The zero-order valence-electron chi connectivity index (χ0n) is 15.8. The highest BCUT2D eigenvalue weighted by Gasteiger charge is 2.17. The van der Waals surface area contributed by atoms with Crippen molar-refractivity contribution in [1.82, 2.24) is 4.31 Å². The van der Waals surface area contributed by atoms with Crippen molar-refractivity contribution in [2.75, 3.05) is 19.4 Å². The monoisotopic (exact) mass is 394 g/mol. The number of sulfonamides is 1. The van der Waals surface area contributed by atoms with E-state index < -0.39 is 10.0 Å². The molecule has 28 heavy (non-hydrogen) atoms. The quantitative estimate of drug-likeness (QED) is 0.692. The first-order valence-electron chi connectivity index (χ1n) is 8.84. The van der Waals surface area contributed by atoms with Gasteiger partial charge in [0.05, 0.1) is 4.90 Å². The van der Waals surface area contributed by atoms with Crippen molar-refractivity contribution in [3.63, 3.8) is 0 Å². The molecule has 0 saturated carbocycles. The van der Waals surface area contributed by atoms with Crippen LogP contribution in [0.4, 0.5) is 5.69 Å². The van der Waals surface area contributed by atoms with Crippen LogP contribution in [0, 0.1) is 0 Å². The molecule has 0 aromatic heterocycles. The van der Waals surface area contributed by atoms with Gasteiger partial charge in [0.15, 0.2) is 0 Å². The van der Waals surface area contributed by atoms with E-state index in [2.05, 4.69) is 5.32 Å². The van der Waals surface area contributed by atoms with Gasteiger partial charge in [0.25, 0.3) is 5.91 Å². The van der Waals surface area contributed by atoms with Gasteiger partial charge in [-0.1, -0.05) is 48.5 Å². The van der Waals surface area contributed by atoms with E-state index in [1.165, 1.54) is 26.2 Å². The maximum Gasteiger partial charge on any atom is 0.255 e. The minimum absolute atomic E-state index is 0.181. The van der Waals surface area contributed by atoms with E-state index in [0.29, 0.717) is 17.7 Å². The number of rotatable bonds is 6. The molecule has 0 aliphatic heterocycles. The first-order chi connectivity index (χ1) is 13.4. The zero-order chi connectivity index (χ0) is 20.1. The van der Waals surface area contributed by atoms with Crippen LogP contribution in [0.2, 0.25) is 0 Å². The van der Waals surface area contributed by atoms with Gasteiger partial charge in [0.1, 0.15) is 0 Å². The molecule has 1 N–H and O–H groups in total. The van der Waals surface area contributed by atoms with Gasteiger partial charge in [-0.25, -0.2) is 12.7 Å². The molecule has 0 aliphatic rings. The number of carbonyl (C=O) groups is 1. The molecule has 3 aromatic rings. The van der Waals surface area contributed by atoms with Crippen LogP contribution in [0.1, 0.15) is 21.5 Å².